The molecule has 0 radical (unpaired) electrons. The maximum Gasteiger partial charge on any atom is 0.140 e. The van der Waals surface area contributed by atoms with E-state index in [0.717, 1.165) is 22.2 Å². The molecule has 0 atom stereocenters. The van der Waals surface area contributed by atoms with E-state index in [9.17, 15) is 5.11 Å². The first-order valence-corrected chi connectivity index (χ1v) is 6.35. The Hall–Kier alpha value is -2.64. The van der Waals surface area contributed by atoms with Crippen molar-refractivity contribution >= 4 is 11.0 Å². The maximum absolute atomic E-state index is 9.42. The van der Waals surface area contributed by atoms with Crippen LogP contribution in [0.5, 0.6) is 0 Å². The van der Waals surface area contributed by atoms with E-state index in [-0.39, 0.29) is 6.61 Å². The van der Waals surface area contributed by atoms with Crippen LogP contribution in [0.1, 0.15) is 16.7 Å². The van der Waals surface area contributed by atoms with Gasteiger partial charge in [0.2, 0.25) is 0 Å². The Balaban J connectivity index is 2.10. The molecule has 0 amide bonds. The van der Waals surface area contributed by atoms with Crippen molar-refractivity contribution in [2.24, 2.45) is 0 Å². The summed E-state index contributed by atoms with van der Waals surface area (Å²) < 4.78 is 1.97. The van der Waals surface area contributed by atoms with E-state index in [0.29, 0.717) is 12.1 Å². The third-order valence-corrected chi connectivity index (χ3v) is 3.37. The Labute approximate surface area is 116 Å². The van der Waals surface area contributed by atoms with Crippen LogP contribution in [0.25, 0.3) is 11.0 Å². The predicted molar refractivity (Wildman–Crippen MR) is 75.9 cm³/mol. The highest BCUT2D eigenvalue weighted by molar-refractivity contribution is 5.80. The zero-order valence-corrected chi connectivity index (χ0v) is 10.8. The van der Waals surface area contributed by atoms with Crippen molar-refractivity contribution in [1.29, 1.82) is 5.26 Å². The van der Waals surface area contributed by atoms with Crippen molar-refractivity contribution < 1.29 is 5.11 Å². The minimum Gasteiger partial charge on any atom is -0.392 e. The van der Waals surface area contributed by atoms with Crippen molar-refractivity contribution in [3.8, 4) is 6.07 Å². The van der Waals surface area contributed by atoms with E-state index in [4.69, 9.17) is 5.26 Å². The van der Waals surface area contributed by atoms with Gasteiger partial charge in [-0.25, -0.2) is 4.98 Å². The zero-order chi connectivity index (χ0) is 13.9. The number of pyridine rings is 1. The monoisotopic (exact) mass is 263 g/mol. The molecule has 0 aliphatic heterocycles. The Morgan fingerprint density at radius 3 is 2.80 bits per heavy atom. The van der Waals surface area contributed by atoms with Gasteiger partial charge in [0.1, 0.15) is 5.65 Å². The molecule has 98 valence electrons. The number of hydrogen-bond donors (Lipinski definition) is 1. The first-order valence-electron chi connectivity index (χ1n) is 6.35. The molecule has 0 fully saturated rings. The fourth-order valence-corrected chi connectivity index (χ4v) is 2.39. The highest BCUT2D eigenvalue weighted by Crippen LogP contribution is 2.21. The molecule has 0 unspecified atom stereocenters. The summed E-state index contributed by atoms with van der Waals surface area (Å²) in [6.07, 6.45) is 3.63. The average Bonchev–Trinajstić information content (AvgIpc) is 2.86. The first-order chi connectivity index (χ1) is 9.83. The largest absolute Gasteiger partial charge is 0.392 e. The minimum atomic E-state index is -0.0188. The molecule has 0 saturated heterocycles. The third-order valence-electron chi connectivity index (χ3n) is 3.37. The van der Waals surface area contributed by atoms with Gasteiger partial charge in [0.25, 0.3) is 0 Å². The molecule has 20 heavy (non-hydrogen) atoms. The van der Waals surface area contributed by atoms with E-state index in [2.05, 4.69) is 11.1 Å². The predicted octanol–water partition coefficient (Wildman–Crippen LogP) is 2.45. The second-order valence-corrected chi connectivity index (χ2v) is 4.58. The van der Waals surface area contributed by atoms with Gasteiger partial charge in [-0.3, -0.25) is 0 Å². The van der Waals surface area contributed by atoms with Crippen LogP contribution in [0.15, 0.2) is 48.8 Å². The lowest BCUT2D eigenvalue weighted by Gasteiger charge is -2.06. The standard InChI is InChI=1S/C16H13N3O/c17-8-12-4-1-2-5-13(12)9-19-10-14(11-20)15-6-3-7-18-16(15)19/h1-7,10,20H,9,11H2. The molecule has 3 rings (SSSR count). The summed E-state index contributed by atoms with van der Waals surface area (Å²) >= 11 is 0. The summed E-state index contributed by atoms with van der Waals surface area (Å²) in [5.41, 5.74) is 3.28. The smallest absolute Gasteiger partial charge is 0.140 e. The minimum absolute atomic E-state index is 0.0188. The summed E-state index contributed by atoms with van der Waals surface area (Å²) in [5.74, 6) is 0. The molecule has 0 aliphatic carbocycles. The molecule has 4 nitrogen and oxygen atoms in total. The summed E-state index contributed by atoms with van der Waals surface area (Å²) in [6, 6.07) is 13.5. The lowest BCUT2D eigenvalue weighted by atomic mass is 10.1. The number of hydrogen-bond acceptors (Lipinski definition) is 3. The first kappa shape index (κ1) is 12.4. The molecule has 0 saturated carbocycles. The number of aromatic nitrogens is 2. The van der Waals surface area contributed by atoms with Gasteiger partial charge in [0.15, 0.2) is 0 Å². The number of benzene rings is 1. The number of rotatable bonds is 3. The Bertz CT molecular complexity index is 799. The molecular weight excluding hydrogens is 250 g/mol. The molecule has 0 bridgehead atoms. The molecular formula is C16H13N3O. The quantitative estimate of drug-likeness (QED) is 0.789. The van der Waals surface area contributed by atoms with Crippen molar-refractivity contribution in [1.82, 2.24) is 9.55 Å². The van der Waals surface area contributed by atoms with Crippen LogP contribution in [0.3, 0.4) is 0 Å². The van der Waals surface area contributed by atoms with Gasteiger partial charge in [-0.05, 0) is 23.8 Å². The van der Waals surface area contributed by atoms with Gasteiger partial charge >= 0.3 is 0 Å². The van der Waals surface area contributed by atoms with Crippen LogP contribution < -0.4 is 0 Å². The molecule has 0 spiro atoms. The number of aliphatic hydroxyl groups is 1. The highest BCUT2D eigenvalue weighted by atomic mass is 16.3. The Kier molecular flexibility index (Phi) is 3.20. The molecule has 1 aromatic carbocycles. The molecule has 0 aliphatic rings. The summed E-state index contributed by atoms with van der Waals surface area (Å²) in [6.45, 7) is 0.548. The van der Waals surface area contributed by atoms with Gasteiger partial charge in [0, 0.05) is 23.3 Å². The van der Waals surface area contributed by atoms with Crippen LogP contribution in [0.2, 0.25) is 0 Å². The molecule has 1 N–H and O–H groups in total. The highest BCUT2D eigenvalue weighted by Gasteiger charge is 2.10. The van der Waals surface area contributed by atoms with E-state index >= 15 is 0 Å². The molecule has 2 heterocycles. The van der Waals surface area contributed by atoms with E-state index < -0.39 is 0 Å². The lowest BCUT2D eigenvalue weighted by Crippen LogP contribution is -2.01. The fraction of sp³-hybridized carbons (Fsp3) is 0.125. The topological polar surface area (TPSA) is 61.8 Å². The van der Waals surface area contributed by atoms with Crippen molar-refractivity contribution in [2.75, 3.05) is 0 Å². The van der Waals surface area contributed by atoms with Crippen molar-refractivity contribution in [3.05, 3.63) is 65.5 Å². The lowest BCUT2D eigenvalue weighted by molar-refractivity contribution is 0.283. The van der Waals surface area contributed by atoms with Crippen LogP contribution >= 0.6 is 0 Å². The van der Waals surface area contributed by atoms with Gasteiger partial charge < -0.3 is 9.67 Å². The van der Waals surface area contributed by atoms with Gasteiger partial charge in [0.05, 0.1) is 24.8 Å². The van der Waals surface area contributed by atoms with E-state index in [1.807, 2.05) is 41.1 Å². The summed E-state index contributed by atoms with van der Waals surface area (Å²) in [4.78, 5) is 4.37. The van der Waals surface area contributed by atoms with E-state index in [1.165, 1.54) is 0 Å². The number of nitrogens with zero attached hydrogens (tertiary/aromatic N) is 3. The van der Waals surface area contributed by atoms with Crippen LogP contribution in [0, 0.1) is 11.3 Å². The van der Waals surface area contributed by atoms with Crippen molar-refractivity contribution in [2.45, 2.75) is 13.2 Å². The van der Waals surface area contributed by atoms with Gasteiger partial charge in [-0.2, -0.15) is 5.26 Å². The van der Waals surface area contributed by atoms with E-state index in [1.54, 1.807) is 12.3 Å². The van der Waals surface area contributed by atoms with Crippen LogP contribution in [-0.2, 0) is 13.2 Å². The van der Waals surface area contributed by atoms with Gasteiger partial charge in [-0.15, -0.1) is 0 Å². The molecule has 2 aromatic heterocycles. The third kappa shape index (κ3) is 2.04. The van der Waals surface area contributed by atoms with Crippen molar-refractivity contribution in [3.63, 3.8) is 0 Å². The summed E-state index contributed by atoms with van der Waals surface area (Å²) in [5, 5.41) is 19.5. The average molecular weight is 263 g/mol. The van der Waals surface area contributed by atoms with Crippen LogP contribution in [-0.4, -0.2) is 14.7 Å². The number of aliphatic hydroxyl groups excluding tert-OH is 1. The Morgan fingerprint density at radius 2 is 2.00 bits per heavy atom. The van der Waals surface area contributed by atoms with Gasteiger partial charge in [-0.1, -0.05) is 18.2 Å². The normalized spacial score (nSPS) is 10.6. The zero-order valence-electron chi connectivity index (χ0n) is 10.8. The molecule has 4 heteroatoms. The van der Waals surface area contributed by atoms with Crippen LogP contribution in [0.4, 0.5) is 0 Å². The Morgan fingerprint density at radius 1 is 1.15 bits per heavy atom. The summed E-state index contributed by atoms with van der Waals surface area (Å²) in [7, 11) is 0. The SMILES string of the molecule is N#Cc1ccccc1Cn1cc(CO)c2cccnc21. The fourth-order valence-electron chi connectivity index (χ4n) is 2.39. The molecule has 3 aromatic rings. The number of fused-ring (bicyclic) bond motifs is 1. The second kappa shape index (κ2) is 5.16. The second-order valence-electron chi connectivity index (χ2n) is 4.58. The maximum atomic E-state index is 9.42. The number of nitriles is 1.